The predicted octanol–water partition coefficient (Wildman–Crippen LogP) is 3.74. The van der Waals surface area contributed by atoms with Crippen molar-refractivity contribution < 1.29 is 14.3 Å². The van der Waals surface area contributed by atoms with Crippen LogP contribution in [0, 0.1) is 11.3 Å². The molecule has 0 aliphatic heterocycles. The van der Waals surface area contributed by atoms with E-state index in [4.69, 9.17) is 21.6 Å². The molecule has 3 rings (SSSR count). The molecule has 7 heteroatoms. The van der Waals surface area contributed by atoms with Crippen LogP contribution in [0.1, 0.15) is 16.8 Å². The molecule has 0 spiro atoms. The number of ether oxygens (including phenoxy) is 1. The molecule has 0 bridgehead atoms. The number of nitrogens with one attached hydrogen (secondary N) is 1. The Balaban J connectivity index is 1.87. The van der Waals surface area contributed by atoms with Crippen molar-refractivity contribution in [1.29, 1.82) is 5.26 Å². The molecule has 0 fully saturated rings. The minimum atomic E-state index is -0.621. The number of para-hydroxylation sites is 1. The average Bonchev–Trinajstić information content (AvgIpc) is 2.72. The van der Waals surface area contributed by atoms with Crippen LogP contribution in [-0.2, 0) is 9.53 Å². The van der Waals surface area contributed by atoms with Crippen molar-refractivity contribution in [2.45, 2.75) is 6.42 Å². The fraction of sp³-hybridized carbons (Fsp3) is 0.143. The maximum Gasteiger partial charge on any atom is 0.339 e. The molecule has 0 aliphatic rings. The van der Waals surface area contributed by atoms with E-state index in [1.807, 2.05) is 24.3 Å². The third-order valence-corrected chi connectivity index (χ3v) is 4.22. The van der Waals surface area contributed by atoms with Gasteiger partial charge in [-0.05, 0) is 24.3 Å². The third-order valence-electron chi connectivity index (χ3n) is 3.97. The summed E-state index contributed by atoms with van der Waals surface area (Å²) in [7, 11) is 0. The summed E-state index contributed by atoms with van der Waals surface area (Å²) >= 11 is 5.94. The lowest BCUT2D eigenvalue weighted by atomic mass is 10.0. The van der Waals surface area contributed by atoms with E-state index in [-0.39, 0.29) is 13.0 Å². The highest BCUT2D eigenvalue weighted by molar-refractivity contribution is 6.30. The van der Waals surface area contributed by atoms with Gasteiger partial charge in [-0.15, -0.1) is 0 Å². The fourth-order valence-electron chi connectivity index (χ4n) is 2.63. The van der Waals surface area contributed by atoms with E-state index in [2.05, 4.69) is 10.3 Å². The van der Waals surface area contributed by atoms with Crippen LogP contribution in [-0.4, -0.2) is 30.0 Å². The number of hydrogen-bond donors (Lipinski definition) is 1. The van der Waals surface area contributed by atoms with Gasteiger partial charge in [0.1, 0.15) is 0 Å². The maximum atomic E-state index is 12.6. The Morgan fingerprint density at radius 3 is 2.64 bits per heavy atom. The minimum absolute atomic E-state index is 0.194. The molecule has 28 heavy (non-hydrogen) atoms. The van der Waals surface area contributed by atoms with Crippen LogP contribution < -0.4 is 5.32 Å². The molecule has 1 N–H and O–H groups in total. The molecule has 0 aliphatic carbocycles. The number of rotatable bonds is 6. The monoisotopic (exact) mass is 393 g/mol. The second-order valence-corrected chi connectivity index (χ2v) is 6.35. The van der Waals surface area contributed by atoms with E-state index in [1.54, 1.807) is 36.4 Å². The highest BCUT2D eigenvalue weighted by Gasteiger charge is 2.16. The predicted molar refractivity (Wildman–Crippen MR) is 106 cm³/mol. The van der Waals surface area contributed by atoms with Crippen molar-refractivity contribution in [3.8, 4) is 17.3 Å². The van der Waals surface area contributed by atoms with Gasteiger partial charge in [-0.3, -0.25) is 4.79 Å². The lowest BCUT2D eigenvalue weighted by Gasteiger charge is -2.10. The molecular formula is C21H16ClN3O3. The number of esters is 1. The summed E-state index contributed by atoms with van der Waals surface area (Å²) in [5.74, 6) is -1.08. The minimum Gasteiger partial charge on any atom is -0.452 e. The SMILES string of the molecule is N#CCCNC(=O)COC(=O)c1cc(-c2ccc(Cl)cc2)nc2ccccc12. The van der Waals surface area contributed by atoms with E-state index >= 15 is 0 Å². The smallest absolute Gasteiger partial charge is 0.339 e. The first-order valence-electron chi connectivity index (χ1n) is 8.55. The molecule has 0 saturated carbocycles. The Morgan fingerprint density at radius 1 is 1.14 bits per heavy atom. The molecule has 0 unspecified atom stereocenters. The van der Waals surface area contributed by atoms with Crippen molar-refractivity contribution in [2.24, 2.45) is 0 Å². The first-order chi connectivity index (χ1) is 13.6. The van der Waals surface area contributed by atoms with E-state index in [0.29, 0.717) is 27.2 Å². The van der Waals surface area contributed by atoms with Gasteiger partial charge in [-0.2, -0.15) is 5.26 Å². The number of nitrogens with zero attached hydrogens (tertiary/aromatic N) is 2. The van der Waals surface area contributed by atoms with Gasteiger partial charge in [-0.1, -0.05) is 41.9 Å². The Bertz CT molecular complexity index is 1060. The second-order valence-electron chi connectivity index (χ2n) is 5.91. The Hall–Kier alpha value is -3.43. The normalized spacial score (nSPS) is 10.3. The summed E-state index contributed by atoms with van der Waals surface area (Å²) in [5.41, 5.74) is 2.36. The molecule has 1 aromatic heterocycles. The van der Waals surface area contributed by atoms with Crippen molar-refractivity contribution in [3.63, 3.8) is 0 Å². The lowest BCUT2D eigenvalue weighted by Crippen LogP contribution is -2.29. The van der Waals surface area contributed by atoms with Crippen LogP contribution in [0.4, 0.5) is 0 Å². The summed E-state index contributed by atoms with van der Waals surface area (Å²) in [5, 5.41) is 12.2. The van der Waals surface area contributed by atoms with E-state index in [1.165, 1.54) is 0 Å². The maximum absolute atomic E-state index is 12.6. The van der Waals surface area contributed by atoms with Crippen LogP contribution in [0.5, 0.6) is 0 Å². The molecule has 1 amide bonds. The number of benzene rings is 2. The molecule has 140 valence electrons. The van der Waals surface area contributed by atoms with Crippen LogP contribution in [0.25, 0.3) is 22.2 Å². The van der Waals surface area contributed by atoms with Gasteiger partial charge in [0.05, 0.1) is 29.3 Å². The number of amides is 1. The Morgan fingerprint density at radius 2 is 1.89 bits per heavy atom. The Labute approximate surface area is 166 Å². The van der Waals surface area contributed by atoms with Gasteiger partial charge in [-0.25, -0.2) is 9.78 Å². The average molecular weight is 394 g/mol. The Kier molecular flexibility index (Phi) is 6.20. The molecule has 2 aromatic carbocycles. The number of nitriles is 1. The van der Waals surface area contributed by atoms with Gasteiger partial charge in [0, 0.05) is 22.5 Å². The third kappa shape index (κ3) is 4.64. The standard InChI is InChI=1S/C21H16ClN3O3/c22-15-8-6-14(7-9-15)19-12-17(16-4-1-2-5-18(16)25-19)21(27)28-13-20(26)24-11-3-10-23/h1-2,4-9,12H,3,11,13H2,(H,24,26). The number of pyridine rings is 1. The van der Waals surface area contributed by atoms with Crippen molar-refractivity contribution in [2.75, 3.05) is 13.2 Å². The molecule has 3 aromatic rings. The lowest BCUT2D eigenvalue weighted by molar-refractivity contribution is -0.124. The number of halogens is 1. The number of fused-ring (bicyclic) bond motifs is 1. The zero-order valence-corrected chi connectivity index (χ0v) is 15.6. The summed E-state index contributed by atoms with van der Waals surface area (Å²) < 4.78 is 5.16. The first-order valence-corrected chi connectivity index (χ1v) is 8.93. The van der Waals surface area contributed by atoms with Crippen LogP contribution in [0.2, 0.25) is 5.02 Å². The summed E-state index contributed by atoms with van der Waals surface area (Å²) in [4.78, 5) is 28.9. The zero-order valence-electron chi connectivity index (χ0n) is 14.8. The van der Waals surface area contributed by atoms with Gasteiger partial charge < -0.3 is 10.1 Å². The van der Waals surface area contributed by atoms with Crippen LogP contribution in [0.3, 0.4) is 0 Å². The molecule has 0 radical (unpaired) electrons. The number of carbonyl (C=O) groups excluding carboxylic acids is 2. The van der Waals surface area contributed by atoms with Crippen molar-refractivity contribution >= 4 is 34.4 Å². The van der Waals surface area contributed by atoms with Gasteiger partial charge in [0.25, 0.3) is 5.91 Å². The zero-order chi connectivity index (χ0) is 19.9. The van der Waals surface area contributed by atoms with Crippen molar-refractivity contribution in [3.05, 3.63) is 65.2 Å². The number of aromatic nitrogens is 1. The summed E-state index contributed by atoms with van der Waals surface area (Å²) in [6, 6.07) is 17.9. The molecule has 6 nitrogen and oxygen atoms in total. The first kappa shape index (κ1) is 19.3. The highest BCUT2D eigenvalue weighted by Crippen LogP contribution is 2.26. The van der Waals surface area contributed by atoms with E-state index < -0.39 is 18.5 Å². The molecular weight excluding hydrogens is 378 g/mol. The number of hydrogen-bond acceptors (Lipinski definition) is 5. The molecule has 0 atom stereocenters. The van der Waals surface area contributed by atoms with Crippen LogP contribution in [0.15, 0.2) is 54.6 Å². The quantitative estimate of drug-likeness (QED) is 0.508. The topological polar surface area (TPSA) is 92.1 Å². The van der Waals surface area contributed by atoms with Crippen molar-refractivity contribution in [1.82, 2.24) is 10.3 Å². The van der Waals surface area contributed by atoms with Gasteiger partial charge >= 0.3 is 5.97 Å². The van der Waals surface area contributed by atoms with Gasteiger partial charge in [0.2, 0.25) is 0 Å². The highest BCUT2D eigenvalue weighted by atomic mass is 35.5. The number of carbonyl (C=O) groups is 2. The summed E-state index contributed by atoms with van der Waals surface area (Å²) in [6.45, 7) is -0.205. The molecule has 0 saturated heterocycles. The molecule has 1 heterocycles. The second kappa shape index (κ2) is 8.98. The summed E-state index contributed by atoms with van der Waals surface area (Å²) in [6.07, 6.45) is 0.194. The van der Waals surface area contributed by atoms with Gasteiger partial charge in [0.15, 0.2) is 6.61 Å². The largest absolute Gasteiger partial charge is 0.452 e. The fourth-order valence-corrected chi connectivity index (χ4v) is 2.76. The van der Waals surface area contributed by atoms with E-state index in [9.17, 15) is 9.59 Å². The van der Waals surface area contributed by atoms with Crippen LogP contribution >= 0.6 is 11.6 Å². The van der Waals surface area contributed by atoms with E-state index in [0.717, 1.165) is 5.56 Å².